The first kappa shape index (κ1) is 12.3. The highest BCUT2D eigenvalue weighted by Crippen LogP contribution is 2.21. The number of H-pyrrole nitrogens is 1. The number of nitrogens with one attached hydrogen (secondary N) is 1. The van der Waals surface area contributed by atoms with Gasteiger partial charge < -0.3 is 9.72 Å². The van der Waals surface area contributed by atoms with Gasteiger partial charge in [-0.3, -0.25) is 4.79 Å². The Morgan fingerprint density at radius 3 is 2.38 bits per heavy atom. The van der Waals surface area contributed by atoms with E-state index >= 15 is 0 Å². The highest BCUT2D eigenvalue weighted by Gasteiger charge is 2.40. The molecule has 0 aliphatic carbocycles. The van der Waals surface area contributed by atoms with Crippen LogP contribution in [0.2, 0.25) is 0 Å². The molecule has 0 amide bonds. The number of ether oxygens (including phenoxy) is 1. The molecule has 0 bridgehead atoms. The maximum absolute atomic E-state index is 12.0. The first-order valence-corrected chi connectivity index (χ1v) is 4.34. The number of alkyl halides is 3. The minimum absolute atomic E-state index is 0.0976. The van der Waals surface area contributed by atoms with Crippen LogP contribution in [-0.2, 0) is 4.74 Å². The van der Waals surface area contributed by atoms with E-state index in [1.54, 1.807) is 6.92 Å². The molecule has 1 heterocycles. The Kier molecular flexibility index (Phi) is 3.36. The zero-order valence-corrected chi connectivity index (χ0v) is 8.22. The van der Waals surface area contributed by atoms with Gasteiger partial charge in [-0.2, -0.15) is 13.2 Å². The monoisotopic (exact) mass is 235 g/mol. The summed E-state index contributed by atoms with van der Waals surface area (Å²) in [7, 11) is 0. The first-order chi connectivity index (χ1) is 7.36. The van der Waals surface area contributed by atoms with E-state index in [1.165, 1.54) is 0 Å². The number of hydrogen-bond acceptors (Lipinski definition) is 3. The number of rotatable bonds is 3. The number of aromatic amines is 1. The van der Waals surface area contributed by atoms with Crippen molar-refractivity contribution in [1.29, 1.82) is 0 Å². The quantitative estimate of drug-likeness (QED) is 0.643. The van der Waals surface area contributed by atoms with E-state index in [2.05, 4.69) is 9.72 Å². The number of Topliss-reactive ketones (excluding diaryl/α,β-unsaturated/α-hetero) is 1. The highest BCUT2D eigenvalue weighted by molar-refractivity contribution is 6.00. The fraction of sp³-hybridized carbons (Fsp3) is 0.333. The largest absolute Gasteiger partial charge is 0.461 e. The molecule has 0 spiro atoms. The summed E-state index contributed by atoms with van der Waals surface area (Å²) in [6, 6.07) is 1.96. The molecule has 88 valence electrons. The number of carbonyl (C=O) groups excluding carboxylic acids is 2. The first-order valence-electron chi connectivity index (χ1n) is 4.34. The van der Waals surface area contributed by atoms with E-state index < -0.39 is 23.6 Å². The molecule has 0 aliphatic rings. The summed E-state index contributed by atoms with van der Waals surface area (Å²) < 4.78 is 40.6. The van der Waals surface area contributed by atoms with Crippen LogP contribution in [0.15, 0.2) is 12.1 Å². The third-order valence-corrected chi connectivity index (χ3v) is 1.68. The average molecular weight is 235 g/mol. The zero-order chi connectivity index (χ0) is 12.3. The van der Waals surface area contributed by atoms with Crippen LogP contribution >= 0.6 is 0 Å². The van der Waals surface area contributed by atoms with E-state index in [9.17, 15) is 22.8 Å². The van der Waals surface area contributed by atoms with Gasteiger partial charge in [0.15, 0.2) is 0 Å². The Labute approximate surface area is 88.4 Å². The van der Waals surface area contributed by atoms with Gasteiger partial charge in [0.25, 0.3) is 5.78 Å². The molecule has 0 radical (unpaired) electrons. The lowest BCUT2D eigenvalue weighted by atomic mass is 10.3. The summed E-state index contributed by atoms with van der Waals surface area (Å²) in [5.74, 6) is -2.83. The van der Waals surface area contributed by atoms with Crippen LogP contribution in [0.25, 0.3) is 0 Å². The SMILES string of the molecule is CCOC(=O)c1ccc(C(=O)C(F)(F)F)[nH]1. The van der Waals surface area contributed by atoms with Crippen LogP contribution in [0.3, 0.4) is 0 Å². The third kappa shape index (κ3) is 2.62. The molecule has 0 aromatic carbocycles. The molecular weight excluding hydrogens is 227 g/mol. The topological polar surface area (TPSA) is 59.2 Å². The summed E-state index contributed by atoms with van der Waals surface area (Å²) >= 11 is 0. The Morgan fingerprint density at radius 1 is 1.31 bits per heavy atom. The van der Waals surface area contributed by atoms with Gasteiger partial charge in [-0.05, 0) is 19.1 Å². The van der Waals surface area contributed by atoms with Crippen molar-refractivity contribution in [2.45, 2.75) is 13.1 Å². The Balaban J connectivity index is 2.87. The molecule has 0 saturated carbocycles. The molecule has 1 aromatic heterocycles. The summed E-state index contributed by atoms with van der Waals surface area (Å²) in [5, 5.41) is 0. The van der Waals surface area contributed by atoms with Gasteiger partial charge in [-0.15, -0.1) is 0 Å². The van der Waals surface area contributed by atoms with Crippen LogP contribution in [0.1, 0.15) is 27.9 Å². The van der Waals surface area contributed by atoms with Gasteiger partial charge in [-0.25, -0.2) is 4.79 Å². The molecule has 7 heteroatoms. The zero-order valence-electron chi connectivity index (χ0n) is 8.22. The molecule has 1 N–H and O–H groups in total. The summed E-state index contributed by atoms with van der Waals surface area (Å²) in [6.45, 7) is 1.66. The van der Waals surface area contributed by atoms with E-state index in [1.807, 2.05) is 0 Å². The van der Waals surface area contributed by atoms with E-state index in [-0.39, 0.29) is 12.3 Å². The number of hydrogen-bond donors (Lipinski definition) is 1. The second kappa shape index (κ2) is 4.38. The van der Waals surface area contributed by atoms with Gasteiger partial charge in [0, 0.05) is 0 Å². The second-order valence-corrected chi connectivity index (χ2v) is 2.83. The standard InChI is InChI=1S/C9H8F3NO3/c1-2-16-8(15)6-4-3-5(13-6)7(14)9(10,11)12/h3-4,13H,2H2,1H3. The molecule has 0 aliphatic heterocycles. The van der Waals surface area contributed by atoms with Crippen molar-refractivity contribution in [3.8, 4) is 0 Å². The smallest absolute Gasteiger partial charge is 0.456 e. The second-order valence-electron chi connectivity index (χ2n) is 2.83. The summed E-state index contributed by atoms with van der Waals surface area (Å²) in [4.78, 5) is 23.9. The fourth-order valence-corrected chi connectivity index (χ4v) is 1.01. The lowest BCUT2D eigenvalue weighted by Crippen LogP contribution is -2.23. The van der Waals surface area contributed by atoms with Crippen LogP contribution in [-0.4, -0.2) is 29.5 Å². The van der Waals surface area contributed by atoms with E-state index in [4.69, 9.17) is 0 Å². The Bertz CT molecular complexity index is 408. The van der Waals surface area contributed by atoms with Crippen LogP contribution in [0.4, 0.5) is 13.2 Å². The molecule has 0 saturated heterocycles. The van der Waals surface area contributed by atoms with Crippen molar-refractivity contribution in [3.63, 3.8) is 0 Å². The minimum atomic E-state index is -4.96. The fourth-order valence-electron chi connectivity index (χ4n) is 1.01. The van der Waals surface area contributed by atoms with Gasteiger partial charge in [0.2, 0.25) is 0 Å². The number of esters is 1. The average Bonchev–Trinajstić information content (AvgIpc) is 2.64. The minimum Gasteiger partial charge on any atom is -0.461 e. The van der Waals surface area contributed by atoms with Crippen LogP contribution in [0, 0.1) is 0 Å². The molecule has 0 fully saturated rings. The van der Waals surface area contributed by atoms with Gasteiger partial charge >= 0.3 is 12.1 Å². The summed E-state index contributed by atoms with van der Waals surface area (Å²) in [6.07, 6.45) is -4.96. The van der Waals surface area contributed by atoms with Crippen molar-refractivity contribution >= 4 is 11.8 Å². The maximum atomic E-state index is 12.0. The Hall–Kier alpha value is -1.79. The lowest BCUT2D eigenvalue weighted by Gasteiger charge is -2.02. The molecule has 0 unspecified atom stereocenters. The number of ketones is 1. The van der Waals surface area contributed by atoms with Crippen LogP contribution < -0.4 is 0 Å². The summed E-state index contributed by atoms with van der Waals surface area (Å²) in [5.41, 5.74) is -0.870. The number of carbonyl (C=O) groups is 2. The molecule has 0 atom stereocenters. The predicted molar refractivity (Wildman–Crippen MR) is 47.1 cm³/mol. The molecule has 16 heavy (non-hydrogen) atoms. The normalized spacial score (nSPS) is 11.2. The van der Waals surface area contributed by atoms with Gasteiger partial charge in [0.1, 0.15) is 5.69 Å². The van der Waals surface area contributed by atoms with Crippen molar-refractivity contribution in [2.24, 2.45) is 0 Å². The van der Waals surface area contributed by atoms with Gasteiger partial charge in [0.05, 0.1) is 12.3 Å². The van der Waals surface area contributed by atoms with E-state index in [0.29, 0.717) is 0 Å². The third-order valence-electron chi connectivity index (χ3n) is 1.68. The Morgan fingerprint density at radius 2 is 1.88 bits per heavy atom. The van der Waals surface area contributed by atoms with Crippen molar-refractivity contribution in [1.82, 2.24) is 4.98 Å². The molecule has 1 aromatic rings. The molecular formula is C9H8F3NO3. The van der Waals surface area contributed by atoms with Crippen molar-refractivity contribution in [2.75, 3.05) is 6.61 Å². The van der Waals surface area contributed by atoms with Crippen molar-refractivity contribution in [3.05, 3.63) is 23.5 Å². The predicted octanol–water partition coefficient (Wildman–Crippen LogP) is 1.94. The van der Waals surface area contributed by atoms with Gasteiger partial charge in [-0.1, -0.05) is 0 Å². The highest BCUT2D eigenvalue weighted by atomic mass is 19.4. The van der Waals surface area contributed by atoms with Crippen LogP contribution in [0.5, 0.6) is 0 Å². The molecule has 1 rings (SSSR count). The lowest BCUT2D eigenvalue weighted by molar-refractivity contribution is -0.0888. The molecule has 4 nitrogen and oxygen atoms in total. The number of aromatic nitrogens is 1. The van der Waals surface area contributed by atoms with Crippen molar-refractivity contribution < 1.29 is 27.5 Å². The number of halogens is 3. The van der Waals surface area contributed by atoms with E-state index in [0.717, 1.165) is 12.1 Å². The maximum Gasteiger partial charge on any atom is 0.456 e.